The van der Waals surface area contributed by atoms with Crippen LogP contribution in [0.2, 0.25) is 0 Å². The molecule has 4 nitrogen and oxygen atoms in total. The van der Waals surface area contributed by atoms with Crippen molar-refractivity contribution in [2.45, 2.75) is 26.2 Å². The van der Waals surface area contributed by atoms with Crippen LogP contribution in [0.15, 0.2) is 48.5 Å². The van der Waals surface area contributed by atoms with Gasteiger partial charge in [0.2, 0.25) is 0 Å². The number of carbonyl (C=O) groups is 1. The lowest BCUT2D eigenvalue weighted by molar-refractivity contribution is 0.0701. The molecule has 5 heteroatoms. The van der Waals surface area contributed by atoms with Crippen LogP contribution in [0.3, 0.4) is 0 Å². The average molecular weight is 409 g/mol. The number of hydrogen-bond donors (Lipinski definition) is 1. The SMILES string of the molecule is CCc1c(C(=O)O)sc2cccc(N3CCN(CCCc4ccccc4)CC3)c12. The summed E-state index contributed by atoms with van der Waals surface area (Å²) >= 11 is 1.41. The zero-order valence-electron chi connectivity index (χ0n) is 16.9. The van der Waals surface area contributed by atoms with E-state index in [4.69, 9.17) is 0 Å². The zero-order chi connectivity index (χ0) is 20.2. The summed E-state index contributed by atoms with van der Waals surface area (Å²) < 4.78 is 1.09. The van der Waals surface area contributed by atoms with Gasteiger partial charge in [0.25, 0.3) is 0 Å². The Hall–Kier alpha value is -2.37. The van der Waals surface area contributed by atoms with Crippen LogP contribution < -0.4 is 4.90 Å². The van der Waals surface area contributed by atoms with Crippen LogP contribution in [0.1, 0.15) is 34.1 Å². The van der Waals surface area contributed by atoms with Crippen LogP contribution >= 0.6 is 11.3 Å². The maximum absolute atomic E-state index is 11.7. The summed E-state index contributed by atoms with van der Waals surface area (Å²) in [6.07, 6.45) is 3.07. The third kappa shape index (κ3) is 4.31. The molecule has 2 heterocycles. The first-order valence-electron chi connectivity index (χ1n) is 10.5. The third-order valence-corrected chi connectivity index (χ3v) is 7.02. The maximum atomic E-state index is 11.7. The molecule has 1 aliphatic rings. The van der Waals surface area contributed by atoms with Crippen LogP contribution in [-0.4, -0.2) is 48.7 Å². The number of thiophene rings is 1. The van der Waals surface area contributed by atoms with Crippen LogP contribution in [0, 0.1) is 0 Å². The molecule has 0 amide bonds. The predicted octanol–water partition coefficient (Wildman–Crippen LogP) is 4.92. The van der Waals surface area contributed by atoms with Gasteiger partial charge in [-0.15, -0.1) is 11.3 Å². The number of nitrogens with zero attached hydrogens (tertiary/aromatic N) is 2. The lowest BCUT2D eigenvalue weighted by atomic mass is 10.0. The van der Waals surface area contributed by atoms with Gasteiger partial charge in [0, 0.05) is 42.0 Å². The van der Waals surface area contributed by atoms with Gasteiger partial charge >= 0.3 is 5.97 Å². The van der Waals surface area contributed by atoms with Crippen molar-refractivity contribution in [3.63, 3.8) is 0 Å². The second-order valence-electron chi connectivity index (χ2n) is 7.64. The summed E-state index contributed by atoms with van der Waals surface area (Å²) in [5.74, 6) is -0.808. The highest BCUT2D eigenvalue weighted by Gasteiger charge is 2.23. The Bertz CT molecular complexity index is 975. The Labute approximate surface area is 176 Å². The van der Waals surface area contributed by atoms with Gasteiger partial charge < -0.3 is 10.0 Å². The molecule has 1 aliphatic heterocycles. The summed E-state index contributed by atoms with van der Waals surface area (Å²) in [5, 5.41) is 10.7. The van der Waals surface area contributed by atoms with E-state index in [0.29, 0.717) is 4.88 Å². The fraction of sp³-hybridized carbons (Fsp3) is 0.375. The van der Waals surface area contributed by atoms with Crippen molar-refractivity contribution in [3.05, 3.63) is 64.5 Å². The van der Waals surface area contributed by atoms with Crippen molar-refractivity contribution in [1.82, 2.24) is 4.90 Å². The molecular formula is C24H28N2O2S. The van der Waals surface area contributed by atoms with E-state index in [0.717, 1.165) is 61.2 Å². The average Bonchev–Trinajstić information content (AvgIpc) is 3.14. The van der Waals surface area contributed by atoms with Crippen LogP contribution in [0.25, 0.3) is 10.1 Å². The molecule has 2 aromatic carbocycles. The number of anilines is 1. The van der Waals surface area contributed by atoms with Crippen molar-refractivity contribution >= 4 is 33.1 Å². The standard InChI is InChI=1S/C24H28N2O2S/c1-2-19-22-20(11-6-12-21(22)29-23(19)24(27)28)26-16-14-25(15-17-26)13-7-10-18-8-4-3-5-9-18/h3-6,8-9,11-12H,2,7,10,13-17H2,1H3,(H,27,28). The third-order valence-electron chi connectivity index (χ3n) is 5.84. The molecule has 1 saturated heterocycles. The molecule has 0 bridgehead atoms. The van der Waals surface area contributed by atoms with E-state index in [1.807, 2.05) is 0 Å². The smallest absolute Gasteiger partial charge is 0.346 e. The van der Waals surface area contributed by atoms with Gasteiger partial charge in [-0.3, -0.25) is 4.90 Å². The number of carboxylic acids is 1. The van der Waals surface area contributed by atoms with Crippen LogP contribution in [0.4, 0.5) is 5.69 Å². The Morgan fingerprint density at radius 2 is 1.79 bits per heavy atom. The number of carboxylic acid groups (broad SMARTS) is 1. The monoisotopic (exact) mass is 408 g/mol. The number of fused-ring (bicyclic) bond motifs is 1. The molecular weight excluding hydrogens is 380 g/mol. The number of hydrogen-bond acceptors (Lipinski definition) is 4. The molecule has 1 aromatic heterocycles. The van der Waals surface area contributed by atoms with Crippen molar-refractivity contribution in [1.29, 1.82) is 0 Å². The first kappa shape index (κ1) is 19.9. The van der Waals surface area contributed by atoms with Gasteiger partial charge in [-0.1, -0.05) is 43.3 Å². The minimum absolute atomic E-state index is 0.495. The normalized spacial score (nSPS) is 15.1. The summed E-state index contributed by atoms with van der Waals surface area (Å²) in [5.41, 5.74) is 3.60. The number of aryl methyl sites for hydroxylation is 2. The van der Waals surface area contributed by atoms with E-state index < -0.39 is 5.97 Å². The Morgan fingerprint density at radius 1 is 1.03 bits per heavy atom. The van der Waals surface area contributed by atoms with E-state index in [1.54, 1.807) is 0 Å². The van der Waals surface area contributed by atoms with Gasteiger partial charge in [0.15, 0.2) is 0 Å². The summed E-state index contributed by atoms with van der Waals surface area (Å²) in [7, 11) is 0. The lowest BCUT2D eigenvalue weighted by Gasteiger charge is -2.36. The first-order chi connectivity index (χ1) is 14.2. The van der Waals surface area contributed by atoms with Crippen molar-refractivity contribution < 1.29 is 9.90 Å². The number of piperazine rings is 1. The Balaban J connectivity index is 1.42. The van der Waals surface area contributed by atoms with E-state index in [9.17, 15) is 9.90 Å². The molecule has 1 fully saturated rings. The first-order valence-corrected chi connectivity index (χ1v) is 11.3. The minimum atomic E-state index is -0.808. The second kappa shape index (κ2) is 8.97. The fourth-order valence-electron chi connectivity index (χ4n) is 4.33. The minimum Gasteiger partial charge on any atom is -0.477 e. The molecule has 0 radical (unpaired) electrons. The van der Waals surface area contributed by atoms with Crippen molar-refractivity contribution in [2.24, 2.45) is 0 Å². The van der Waals surface area contributed by atoms with Gasteiger partial charge in [0.05, 0.1) is 0 Å². The summed E-state index contributed by atoms with van der Waals surface area (Å²) in [6, 6.07) is 17.0. The quantitative estimate of drug-likeness (QED) is 0.603. The van der Waals surface area contributed by atoms with E-state index >= 15 is 0 Å². The highest BCUT2D eigenvalue weighted by molar-refractivity contribution is 7.21. The molecule has 0 aliphatic carbocycles. The Kier molecular flexibility index (Phi) is 6.16. The second-order valence-corrected chi connectivity index (χ2v) is 8.69. The summed E-state index contributed by atoms with van der Waals surface area (Å²) in [6.45, 7) is 7.28. The molecule has 29 heavy (non-hydrogen) atoms. The molecule has 0 atom stereocenters. The number of rotatable bonds is 7. The molecule has 0 unspecified atom stereocenters. The molecule has 152 valence electrons. The lowest BCUT2D eigenvalue weighted by Crippen LogP contribution is -2.46. The van der Waals surface area contributed by atoms with E-state index in [2.05, 4.69) is 65.3 Å². The summed E-state index contributed by atoms with van der Waals surface area (Å²) in [4.78, 5) is 17.2. The van der Waals surface area contributed by atoms with Gasteiger partial charge in [-0.05, 0) is 49.1 Å². The van der Waals surface area contributed by atoms with Gasteiger partial charge in [-0.2, -0.15) is 0 Å². The predicted molar refractivity (Wildman–Crippen MR) is 122 cm³/mol. The van der Waals surface area contributed by atoms with Crippen molar-refractivity contribution in [3.8, 4) is 0 Å². The van der Waals surface area contributed by atoms with Crippen molar-refractivity contribution in [2.75, 3.05) is 37.6 Å². The highest BCUT2D eigenvalue weighted by atomic mass is 32.1. The van der Waals surface area contributed by atoms with E-state index in [1.165, 1.54) is 29.0 Å². The van der Waals surface area contributed by atoms with Gasteiger partial charge in [-0.25, -0.2) is 4.79 Å². The van der Waals surface area contributed by atoms with Crippen LogP contribution in [-0.2, 0) is 12.8 Å². The number of benzene rings is 2. The molecule has 0 spiro atoms. The molecule has 0 saturated carbocycles. The topological polar surface area (TPSA) is 43.8 Å². The Morgan fingerprint density at radius 3 is 2.48 bits per heavy atom. The molecule has 3 aromatic rings. The van der Waals surface area contributed by atoms with Gasteiger partial charge in [0.1, 0.15) is 4.88 Å². The zero-order valence-corrected chi connectivity index (χ0v) is 17.8. The fourth-order valence-corrected chi connectivity index (χ4v) is 5.48. The molecule has 4 rings (SSSR count). The number of aromatic carboxylic acids is 1. The highest BCUT2D eigenvalue weighted by Crippen LogP contribution is 2.38. The molecule has 1 N–H and O–H groups in total. The maximum Gasteiger partial charge on any atom is 0.346 e. The van der Waals surface area contributed by atoms with Crippen LogP contribution in [0.5, 0.6) is 0 Å². The van der Waals surface area contributed by atoms with E-state index in [-0.39, 0.29) is 0 Å². The largest absolute Gasteiger partial charge is 0.477 e.